The van der Waals surface area contributed by atoms with E-state index >= 15 is 0 Å². The van der Waals surface area contributed by atoms with Crippen LogP contribution in [-0.4, -0.2) is 54.6 Å². The van der Waals surface area contributed by atoms with E-state index in [2.05, 4.69) is 33.1 Å². The third kappa shape index (κ3) is 4.03. The molecule has 1 aromatic heterocycles. The molecule has 3 fully saturated rings. The standard InChI is InChI=1S/C21H32N4O/c1-16(19-15-17-5-6-18(19)14-17)23-21(26)7-9-24-10-12-25(13-11-24)20-4-2-3-8-22-20/h2-4,8,16-19H,5-7,9-15H2,1H3,(H,23,26)/t16-,17+,18+,19-/m1/s1. The van der Waals surface area contributed by atoms with Crippen molar-refractivity contribution in [2.75, 3.05) is 37.6 Å². The highest BCUT2D eigenvalue weighted by Crippen LogP contribution is 2.49. The molecule has 4 rings (SSSR count). The maximum Gasteiger partial charge on any atom is 0.221 e. The van der Waals surface area contributed by atoms with Crippen molar-refractivity contribution >= 4 is 11.7 Å². The lowest BCUT2D eigenvalue weighted by Gasteiger charge is -2.35. The van der Waals surface area contributed by atoms with Crippen molar-refractivity contribution in [3.63, 3.8) is 0 Å². The van der Waals surface area contributed by atoms with E-state index in [0.29, 0.717) is 12.5 Å². The van der Waals surface area contributed by atoms with Crippen molar-refractivity contribution < 1.29 is 4.79 Å². The van der Waals surface area contributed by atoms with Crippen LogP contribution in [-0.2, 0) is 4.79 Å². The molecule has 2 heterocycles. The lowest BCUT2D eigenvalue weighted by Crippen LogP contribution is -2.48. The quantitative estimate of drug-likeness (QED) is 0.851. The van der Waals surface area contributed by atoms with E-state index in [-0.39, 0.29) is 5.91 Å². The Hall–Kier alpha value is -1.62. The van der Waals surface area contributed by atoms with Crippen LogP contribution in [0.5, 0.6) is 0 Å². The number of hydrogen-bond acceptors (Lipinski definition) is 4. The number of amides is 1. The average molecular weight is 357 g/mol. The molecule has 0 unspecified atom stereocenters. The van der Waals surface area contributed by atoms with Gasteiger partial charge in [-0.15, -0.1) is 0 Å². The van der Waals surface area contributed by atoms with Crippen LogP contribution in [0.3, 0.4) is 0 Å². The number of piperazine rings is 1. The van der Waals surface area contributed by atoms with Crippen LogP contribution in [0.4, 0.5) is 5.82 Å². The first-order chi connectivity index (χ1) is 12.7. The predicted octanol–water partition coefficient (Wildman–Crippen LogP) is 2.53. The van der Waals surface area contributed by atoms with Crippen LogP contribution in [0, 0.1) is 17.8 Å². The molecule has 5 nitrogen and oxygen atoms in total. The Morgan fingerprint density at radius 1 is 1.23 bits per heavy atom. The molecule has 2 bridgehead atoms. The molecule has 2 aliphatic carbocycles. The third-order valence-electron chi connectivity index (χ3n) is 6.82. The minimum Gasteiger partial charge on any atom is -0.354 e. The topological polar surface area (TPSA) is 48.5 Å². The van der Waals surface area contributed by atoms with E-state index in [1.165, 1.54) is 25.7 Å². The van der Waals surface area contributed by atoms with E-state index in [0.717, 1.165) is 56.3 Å². The number of aromatic nitrogens is 1. The molecular formula is C21H32N4O. The molecule has 4 atom stereocenters. The van der Waals surface area contributed by atoms with Gasteiger partial charge in [0.2, 0.25) is 5.91 Å². The molecule has 1 saturated heterocycles. The fraction of sp³-hybridized carbons (Fsp3) is 0.714. The second-order valence-corrected chi connectivity index (χ2v) is 8.46. The number of nitrogens with zero attached hydrogens (tertiary/aromatic N) is 3. The monoisotopic (exact) mass is 356 g/mol. The number of anilines is 1. The summed E-state index contributed by atoms with van der Waals surface area (Å²) in [5, 5.41) is 3.29. The molecular weight excluding hydrogens is 324 g/mol. The van der Waals surface area contributed by atoms with Crippen LogP contribution in [0.15, 0.2) is 24.4 Å². The highest BCUT2D eigenvalue weighted by Gasteiger charge is 2.42. The SMILES string of the molecule is C[C@@H](NC(=O)CCN1CCN(c2ccccn2)CC1)[C@H]1C[C@H]2CC[C@H]1C2. The molecule has 1 aliphatic heterocycles. The van der Waals surface area contributed by atoms with Gasteiger partial charge in [-0.3, -0.25) is 9.69 Å². The minimum atomic E-state index is 0.229. The molecule has 1 N–H and O–H groups in total. The second-order valence-electron chi connectivity index (χ2n) is 8.46. The molecule has 1 aromatic rings. The van der Waals surface area contributed by atoms with Gasteiger partial charge in [-0.1, -0.05) is 12.5 Å². The van der Waals surface area contributed by atoms with Gasteiger partial charge in [0.05, 0.1) is 0 Å². The Bertz CT molecular complexity index is 599. The lowest BCUT2D eigenvalue weighted by atomic mass is 9.84. The summed E-state index contributed by atoms with van der Waals surface area (Å²) in [6, 6.07) is 6.41. The summed E-state index contributed by atoms with van der Waals surface area (Å²) in [5.74, 6) is 3.83. The van der Waals surface area contributed by atoms with Gasteiger partial charge < -0.3 is 10.2 Å². The minimum absolute atomic E-state index is 0.229. The number of pyridine rings is 1. The van der Waals surface area contributed by atoms with Gasteiger partial charge in [-0.05, 0) is 56.1 Å². The van der Waals surface area contributed by atoms with Crippen molar-refractivity contribution in [1.29, 1.82) is 0 Å². The Morgan fingerprint density at radius 3 is 2.73 bits per heavy atom. The Morgan fingerprint density at radius 2 is 2.08 bits per heavy atom. The van der Waals surface area contributed by atoms with Gasteiger partial charge in [-0.25, -0.2) is 4.98 Å². The number of nitrogens with one attached hydrogen (secondary N) is 1. The first-order valence-corrected chi connectivity index (χ1v) is 10.4. The van der Waals surface area contributed by atoms with Gasteiger partial charge in [0.15, 0.2) is 0 Å². The summed E-state index contributed by atoms with van der Waals surface area (Å²) in [6.45, 7) is 7.07. The Kier molecular flexibility index (Phi) is 5.44. The molecule has 0 aromatic carbocycles. The number of carbonyl (C=O) groups is 1. The second kappa shape index (κ2) is 7.95. The molecule has 142 valence electrons. The average Bonchev–Trinajstić information content (AvgIpc) is 3.31. The normalized spacial score (nSPS) is 29.7. The summed E-state index contributed by atoms with van der Waals surface area (Å²) in [5.41, 5.74) is 0. The lowest BCUT2D eigenvalue weighted by molar-refractivity contribution is -0.122. The maximum absolute atomic E-state index is 12.4. The molecule has 1 amide bonds. The largest absolute Gasteiger partial charge is 0.354 e. The van der Waals surface area contributed by atoms with E-state index in [9.17, 15) is 4.79 Å². The summed E-state index contributed by atoms with van der Waals surface area (Å²) in [7, 11) is 0. The van der Waals surface area contributed by atoms with Crippen molar-refractivity contribution in [2.45, 2.75) is 45.1 Å². The van der Waals surface area contributed by atoms with Gasteiger partial charge >= 0.3 is 0 Å². The zero-order valence-electron chi connectivity index (χ0n) is 15.9. The first kappa shape index (κ1) is 17.8. The summed E-state index contributed by atoms with van der Waals surface area (Å²) >= 11 is 0. The maximum atomic E-state index is 12.4. The molecule has 3 aliphatic rings. The van der Waals surface area contributed by atoms with Crippen molar-refractivity contribution in [1.82, 2.24) is 15.2 Å². The zero-order valence-corrected chi connectivity index (χ0v) is 15.9. The highest BCUT2D eigenvalue weighted by molar-refractivity contribution is 5.76. The van der Waals surface area contributed by atoms with Crippen molar-refractivity contribution in [3.8, 4) is 0 Å². The van der Waals surface area contributed by atoms with Crippen LogP contribution in [0.25, 0.3) is 0 Å². The number of fused-ring (bicyclic) bond motifs is 2. The zero-order chi connectivity index (χ0) is 17.9. The van der Waals surface area contributed by atoms with E-state index < -0.39 is 0 Å². The number of carbonyl (C=O) groups excluding carboxylic acids is 1. The van der Waals surface area contributed by atoms with Crippen molar-refractivity contribution in [2.24, 2.45) is 17.8 Å². The molecule has 0 radical (unpaired) electrons. The summed E-state index contributed by atoms with van der Waals surface area (Å²) in [6.07, 6.45) is 8.02. The summed E-state index contributed by atoms with van der Waals surface area (Å²) < 4.78 is 0. The molecule has 26 heavy (non-hydrogen) atoms. The van der Waals surface area contributed by atoms with Gasteiger partial charge in [0.25, 0.3) is 0 Å². The van der Waals surface area contributed by atoms with Crippen LogP contribution in [0.2, 0.25) is 0 Å². The van der Waals surface area contributed by atoms with Gasteiger partial charge in [0.1, 0.15) is 5.82 Å². The van der Waals surface area contributed by atoms with Crippen molar-refractivity contribution in [3.05, 3.63) is 24.4 Å². The highest BCUT2D eigenvalue weighted by atomic mass is 16.1. The van der Waals surface area contributed by atoms with E-state index in [4.69, 9.17) is 0 Å². The molecule has 0 spiro atoms. The van der Waals surface area contributed by atoms with E-state index in [1.807, 2.05) is 18.3 Å². The fourth-order valence-electron chi connectivity index (χ4n) is 5.34. The van der Waals surface area contributed by atoms with E-state index in [1.54, 1.807) is 0 Å². The molecule has 2 saturated carbocycles. The van der Waals surface area contributed by atoms with Gasteiger partial charge in [-0.2, -0.15) is 0 Å². The summed E-state index contributed by atoms with van der Waals surface area (Å²) in [4.78, 5) is 21.5. The molecule has 5 heteroatoms. The Labute approximate surface area is 157 Å². The predicted molar refractivity (Wildman–Crippen MR) is 104 cm³/mol. The van der Waals surface area contributed by atoms with Gasteiger partial charge in [0, 0.05) is 51.4 Å². The number of hydrogen-bond donors (Lipinski definition) is 1. The van der Waals surface area contributed by atoms with Crippen LogP contribution < -0.4 is 10.2 Å². The van der Waals surface area contributed by atoms with Crippen LogP contribution >= 0.6 is 0 Å². The third-order valence-corrected chi connectivity index (χ3v) is 6.82. The fourth-order valence-corrected chi connectivity index (χ4v) is 5.34. The Balaban J connectivity index is 1.16. The first-order valence-electron chi connectivity index (χ1n) is 10.4. The number of rotatable bonds is 6. The smallest absolute Gasteiger partial charge is 0.221 e. The van der Waals surface area contributed by atoms with Crippen LogP contribution in [0.1, 0.15) is 39.0 Å².